The number of benzene rings is 1. The van der Waals surface area contributed by atoms with Crippen LogP contribution in [0.4, 0.5) is 11.4 Å². The molecule has 0 aliphatic heterocycles. The highest BCUT2D eigenvalue weighted by Gasteiger charge is 2.27. The molecule has 0 heterocycles. The van der Waals surface area contributed by atoms with Crippen LogP contribution in [0, 0.1) is 6.92 Å². The molecule has 4 nitrogen and oxygen atoms in total. The van der Waals surface area contributed by atoms with E-state index in [9.17, 15) is 4.79 Å². The van der Waals surface area contributed by atoms with Gasteiger partial charge in [0.1, 0.15) is 5.60 Å². The molecular formula is C12H18N2O2. The Morgan fingerprint density at radius 3 is 2.56 bits per heavy atom. The van der Waals surface area contributed by atoms with Crippen LogP contribution in [0.3, 0.4) is 0 Å². The molecule has 3 N–H and O–H groups in total. The lowest BCUT2D eigenvalue weighted by molar-refractivity contribution is -0.133. The molecule has 0 bridgehead atoms. The summed E-state index contributed by atoms with van der Waals surface area (Å²) in [6.07, 6.45) is 0. The highest BCUT2D eigenvalue weighted by molar-refractivity contribution is 5.98. The molecule has 1 rings (SSSR count). The molecule has 16 heavy (non-hydrogen) atoms. The molecule has 0 atom stereocenters. The van der Waals surface area contributed by atoms with Crippen LogP contribution < -0.4 is 11.1 Å². The average molecular weight is 222 g/mol. The normalized spacial score (nSPS) is 11.2. The summed E-state index contributed by atoms with van der Waals surface area (Å²) in [6, 6.07) is 5.50. The van der Waals surface area contributed by atoms with Gasteiger partial charge in [-0.3, -0.25) is 4.79 Å². The van der Waals surface area contributed by atoms with E-state index in [1.165, 1.54) is 7.11 Å². The molecule has 1 amide bonds. The number of carbonyl (C=O) groups excluding carboxylic acids is 1. The second-order valence-corrected chi connectivity index (χ2v) is 4.26. The maximum absolute atomic E-state index is 11.8. The first kappa shape index (κ1) is 12.5. The van der Waals surface area contributed by atoms with E-state index in [1.807, 2.05) is 19.1 Å². The maximum atomic E-state index is 11.8. The van der Waals surface area contributed by atoms with Crippen molar-refractivity contribution in [3.8, 4) is 0 Å². The van der Waals surface area contributed by atoms with Crippen LogP contribution in [0.1, 0.15) is 19.4 Å². The van der Waals surface area contributed by atoms with Crippen molar-refractivity contribution in [2.75, 3.05) is 18.2 Å². The third-order valence-electron chi connectivity index (χ3n) is 2.51. The highest BCUT2D eigenvalue weighted by atomic mass is 16.5. The minimum absolute atomic E-state index is 0.217. The van der Waals surface area contributed by atoms with Gasteiger partial charge in [-0.2, -0.15) is 0 Å². The Kier molecular flexibility index (Phi) is 3.55. The van der Waals surface area contributed by atoms with Gasteiger partial charge >= 0.3 is 0 Å². The van der Waals surface area contributed by atoms with Crippen molar-refractivity contribution in [3.05, 3.63) is 23.8 Å². The molecule has 0 spiro atoms. The van der Waals surface area contributed by atoms with Gasteiger partial charge in [0.15, 0.2) is 0 Å². The molecule has 0 unspecified atom stereocenters. The fraction of sp³-hybridized carbons (Fsp3) is 0.417. The first-order valence-corrected chi connectivity index (χ1v) is 5.09. The zero-order chi connectivity index (χ0) is 12.3. The zero-order valence-corrected chi connectivity index (χ0v) is 10.1. The van der Waals surface area contributed by atoms with Crippen LogP contribution in [-0.2, 0) is 9.53 Å². The van der Waals surface area contributed by atoms with Crippen molar-refractivity contribution in [3.63, 3.8) is 0 Å². The summed E-state index contributed by atoms with van der Waals surface area (Å²) < 4.78 is 5.08. The topological polar surface area (TPSA) is 64.3 Å². The molecule has 0 aromatic heterocycles. The second kappa shape index (κ2) is 4.53. The first-order valence-electron chi connectivity index (χ1n) is 5.09. The number of nitrogens with one attached hydrogen (secondary N) is 1. The minimum atomic E-state index is -0.864. The number of ether oxygens (including phenoxy) is 1. The third-order valence-corrected chi connectivity index (χ3v) is 2.51. The van der Waals surface area contributed by atoms with Gasteiger partial charge < -0.3 is 15.8 Å². The fourth-order valence-corrected chi connectivity index (χ4v) is 1.16. The van der Waals surface area contributed by atoms with E-state index in [1.54, 1.807) is 19.9 Å². The summed E-state index contributed by atoms with van der Waals surface area (Å²) in [5.74, 6) is -0.217. The predicted molar refractivity (Wildman–Crippen MR) is 65.3 cm³/mol. The number of methoxy groups -OCH3 is 1. The lowest BCUT2D eigenvalue weighted by Gasteiger charge is -2.22. The lowest BCUT2D eigenvalue weighted by atomic mass is 10.1. The largest absolute Gasteiger partial charge is 0.397 e. The lowest BCUT2D eigenvalue weighted by Crippen LogP contribution is -2.38. The van der Waals surface area contributed by atoms with Gasteiger partial charge in [0.05, 0.1) is 11.4 Å². The number of hydrogen-bond donors (Lipinski definition) is 2. The number of nitrogens with two attached hydrogens (primary N) is 1. The van der Waals surface area contributed by atoms with Gasteiger partial charge in [0, 0.05) is 7.11 Å². The highest BCUT2D eigenvalue weighted by Crippen LogP contribution is 2.21. The Balaban J connectivity index is 2.85. The van der Waals surface area contributed by atoms with Gasteiger partial charge in [-0.1, -0.05) is 6.07 Å². The average Bonchev–Trinajstić information content (AvgIpc) is 2.22. The smallest absolute Gasteiger partial charge is 0.256 e. The van der Waals surface area contributed by atoms with Crippen molar-refractivity contribution in [1.82, 2.24) is 0 Å². The molecule has 0 saturated carbocycles. The molecule has 88 valence electrons. The van der Waals surface area contributed by atoms with Gasteiger partial charge in [-0.15, -0.1) is 0 Å². The van der Waals surface area contributed by atoms with Gasteiger partial charge in [0.25, 0.3) is 5.91 Å². The number of anilines is 2. The maximum Gasteiger partial charge on any atom is 0.256 e. The summed E-state index contributed by atoms with van der Waals surface area (Å²) >= 11 is 0. The summed E-state index contributed by atoms with van der Waals surface area (Å²) in [4.78, 5) is 11.8. The van der Waals surface area contributed by atoms with Gasteiger partial charge in [-0.25, -0.2) is 0 Å². The van der Waals surface area contributed by atoms with Crippen molar-refractivity contribution in [1.29, 1.82) is 0 Å². The van der Waals surface area contributed by atoms with E-state index in [2.05, 4.69) is 5.32 Å². The molecule has 4 heteroatoms. The van der Waals surface area contributed by atoms with Crippen LogP contribution in [0.15, 0.2) is 18.2 Å². The number of amides is 1. The number of hydrogen-bond acceptors (Lipinski definition) is 3. The molecule has 1 aromatic carbocycles. The molecule has 0 aliphatic carbocycles. The monoisotopic (exact) mass is 222 g/mol. The SMILES string of the molecule is COC(C)(C)C(=O)Nc1ccc(C)cc1N. The molecule has 0 radical (unpaired) electrons. The van der Waals surface area contributed by atoms with Crippen molar-refractivity contribution in [2.45, 2.75) is 26.4 Å². The van der Waals surface area contributed by atoms with Crippen LogP contribution in [0.2, 0.25) is 0 Å². The van der Waals surface area contributed by atoms with Crippen molar-refractivity contribution < 1.29 is 9.53 Å². The third kappa shape index (κ3) is 2.73. The molecule has 0 aliphatic rings. The van der Waals surface area contributed by atoms with Crippen molar-refractivity contribution in [2.24, 2.45) is 0 Å². The Morgan fingerprint density at radius 2 is 2.06 bits per heavy atom. The molecular weight excluding hydrogens is 204 g/mol. The number of nitrogen functional groups attached to an aromatic ring is 1. The Hall–Kier alpha value is -1.55. The van der Waals surface area contributed by atoms with Gasteiger partial charge in [0.2, 0.25) is 0 Å². The van der Waals surface area contributed by atoms with E-state index in [0.29, 0.717) is 11.4 Å². The fourth-order valence-electron chi connectivity index (χ4n) is 1.16. The Labute approximate surface area is 95.8 Å². The summed E-state index contributed by atoms with van der Waals surface area (Å²) in [5, 5.41) is 2.74. The number of aryl methyl sites for hydroxylation is 1. The number of carbonyl (C=O) groups is 1. The van der Waals surface area contributed by atoms with E-state index in [0.717, 1.165) is 5.56 Å². The summed E-state index contributed by atoms with van der Waals surface area (Å²) in [7, 11) is 1.50. The van der Waals surface area contributed by atoms with Crippen LogP contribution in [0.5, 0.6) is 0 Å². The Morgan fingerprint density at radius 1 is 1.44 bits per heavy atom. The van der Waals surface area contributed by atoms with E-state index < -0.39 is 5.60 Å². The second-order valence-electron chi connectivity index (χ2n) is 4.26. The van der Waals surface area contributed by atoms with Gasteiger partial charge in [-0.05, 0) is 38.5 Å². The first-order chi connectivity index (χ1) is 7.36. The van der Waals surface area contributed by atoms with E-state index in [-0.39, 0.29) is 5.91 Å². The summed E-state index contributed by atoms with van der Waals surface area (Å²) in [5.41, 5.74) is 7.16. The molecule has 0 fully saturated rings. The predicted octanol–water partition coefficient (Wildman–Crippen LogP) is 1.94. The van der Waals surface area contributed by atoms with E-state index in [4.69, 9.17) is 10.5 Å². The van der Waals surface area contributed by atoms with Crippen LogP contribution >= 0.6 is 0 Å². The summed E-state index contributed by atoms with van der Waals surface area (Å²) in [6.45, 7) is 5.35. The Bertz CT molecular complexity index is 400. The molecule has 0 saturated heterocycles. The van der Waals surface area contributed by atoms with Crippen LogP contribution in [-0.4, -0.2) is 18.6 Å². The van der Waals surface area contributed by atoms with Crippen molar-refractivity contribution >= 4 is 17.3 Å². The quantitative estimate of drug-likeness (QED) is 0.768. The molecule has 1 aromatic rings. The van der Waals surface area contributed by atoms with E-state index >= 15 is 0 Å². The van der Waals surface area contributed by atoms with Crippen LogP contribution in [0.25, 0.3) is 0 Å². The minimum Gasteiger partial charge on any atom is -0.397 e. The zero-order valence-electron chi connectivity index (χ0n) is 10.1. The standard InChI is InChI=1S/C12H18N2O2/c1-8-5-6-10(9(13)7-8)14-11(15)12(2,3)16-4/h5-7H,13H2,1-4H3,(H,14,15). The number of rotatable bonds is 3.